The Balaban J connectivity index is 2.11. The summed E-state index contributed by atoms with van der Waals surface area (Å²) >= 11 is 3.50. The van der Waals surface area contributed by atoms with E-state index in [2.05, 4.69) is 45.1 Å². The van der Waals surface area contributed by atoms with Gasteiger partial charge in [-0.25, -0.2) is 4.52 Å². The van der Waals surface area contributed by atoms with Gasteiger partial charge in [0.15, 0.2) is 0 Å². The molecule has 0 unspecified atom stereocenters. The van der Waals surface area contributed by atoms with Crippen molar-refractivity contribution in [3.05, 3.63) is 52.0 Å². The van der Waals surface area contributed by atoms with Gasteiger partial charge in [-0.3, -0.25) is 9.78 Å². The average Bonchev–Trinajstić information content (AvgIpc) is 3.09. The topological polar surface area (TPSA) is 76.7 Å². The first kappa shape index (κ1) is 20.5. The molecule has 0 aliphatic heterocycles. The zero-order valence-corrected chi connectivity index (χ0v) is 17.7. The summed E-state index contributed by atoms with van der Waals surface area (Å²) in [5.41, 5.74) is 5.56. The van der Waals surface area contributed by atoms with Gasteiger partial charge in [0.2, 0.25) is 0 Å². The number of halogens is 1. The predicted molar refractivity (Wildman–Crippen MR) is 111 cm³/mol. The lowest BCUT2D eigenvalue weighted by molar-refractivity contribution is -0.143. The molecule has 0 amide bonds. The molecule has 6 nitrogen and oxygen atoms in total. The Bertz CT molecular complexity index is 984. The number of pyridine rings is 1. The van der Waals surface area contributed by atoms with E-state index in [4.69, 9.17) is 4.74 Å². The molecule has 0 radical (unpaired) electrons. The quantitative estimate of drug-likeness (QED) is 0.528. The van der Waals surface area contributed by atoms with Crippen LogP contribution in [0.2, 0.25) is 0 Å². The van der Waals surface area contributed by atoms with Gasteiger partial charge >= 0.3 is 5.97 Å². The molecule has 0 aliphatic carbocycles. The van der Waals surface area contributed by atoms with Gasteiger partial charge in [0.25, 0.3) is 0 Å². The van der Waals surface area contributed by atoms with Crippen molar-refractivity contribution in [2.75, 3.05) is 6.61 Å². The van der Waals surface area contributed by atoms with Crippen molar-refractivity contribution in [1.29, 1.82) is 0 Å². The molecule has 3 heterocycles. The summed E-state index contributed by atoms with van der Waals surface area (Å²) in [5.74, 6) is -0.205. The van der Waals surface area contributed by atoms with Crippen molar-refractivity contribution in [2.24, 2.45) is 0 Å². The van der Waals surface area contributed by atoms with Gasteiger partial charge in [0.1, 0.15) is 0 Å². The number of fused-ring (bicyclic) bond motifs is 1. The number of aromatic nitrogens is 3. The summed E-state index contributed by atoms with van der Waals surface area (Å²) in [5, 5.41) is 14.7. The summed E-state index contributed by atoms with van der Waals surface area (Å²) in [6.45, 7) is 4.10. The van der Waals surface area contributed by atoms with E-state index in [0.717, 1.165) is 38.8 Å². The Hall–Kier alpha value is -2.25. The summed E-state index contributed by atoms with van der Waals surface area (Å²) in [4.78, 5) is 16.0. The maximum absolute atomic E-state index is 11.7. The van der Waals surface area contributed by atoms with Crippen molar-refractivity contribution in [3.8, 4) is 11.1 Å². The highest BCUT2D eigenvalue weighted by Crippen LogP contribution is 2.33. The molecule has 0 saturated heterocycles. The Morgan fingerprint density at radius 1 is 1.29 bits per heavy atom. The summed E-state index contributed by atoms with van der Waals surface area (Å²) in [6.07, 6.45) is 5.97. The van der Waals surface area contributed by atoms with Crippen molar-refractivity contribution in [3.63, 3.8) is 0 Å². The van der Waals surface area contributed by atoms with Gasteiger partial charge in [-0.15, -0.1) is 0 Å². The summed E-state index contributed by atoms with van der Waals surface area (Å²) in [7, 11) is 0. The molecule has 0 atom stereocenters. The van der Waals surface area contributed by atoms with Crippen LogP contribution in [0.1, 0.15) is 43.6 Å². The highest BCUT2D eigenvalue weighted by molar-refractivity contribution is 9.10. The van der Waals surface area contributed by atoms with E-state index < -0.39 is 0 Å². The van der Waals surface area contributed by atoms with Gasteiger partial charge in [-0.05, 0) is 65.9 Å². The lowest BCUT2D eigenvalue weighted by Gasteiger charge is -2.16. The molecule has 0 aromatic carbocycles. The first-order chi connectivity index (χ1) is 13.6. The molecule has 3 rings (SSSR count). The maximum Gasteiger partial charge on any atom is 0.305 e. The number of rotatable bonds is 8. The fraction of sp³-hybridized carbons (Fsp3) is 0.381. The third-order valence-corrected chi connectivity index (χ3v) is 5.11. The van der Waals surface area contributed by atoms with Gasteiger partial charge < -0.3 is 9.84 Å². The second-order valence-corrected chi connectivity index (χ2v) is 7.40. The fourth-order valence-electron chi connectivity index (χ4n) is 3.44. The number of aryl methyl sites for hydroxylation is 1. The van der Waals surface area contributed by atoms with Gasteiger partial charge in [-0.2, -0.15) is 5.10 Å². The summed E-state index contributed by atoms with van der Waals surface area (Å²) in [6, 6.07) is 6.12. The van der Waals surface area contributed by atoms with Crippen LogP contribution in [0.15, 0.2) is 35.1 Å². The Morgan fingerprint density at radius 2 is 2.11 bits per heavy atom. The van der Waals surface area contributed by atoms with Crippen LogP contribution in [0.25, 0.3) is 16.6 Å². The molecule has 3 aromatic heterocycles. The second kappa shape index (κ2) is 9.30. The van der Waals surface area contributed by atoms with Crippen LogP contribution in [0, 0.1) is 0 Å². The Kier molecular flexibility index (Phi) is 6.80. The molecule has 0 spiro atoms. The molecule has 28 heavy (non-hydrogen) atoms. The largest absolute Gasteiger partial charge is 0.466 e. The molecular formula is C21H24BrN3O3. The SMILES string of the molecule is CCOC(=O)CCCc1c(CO)nn2c(CC)ccc2c1-c1cncc(Br)c1. The van der Waals surface area contributed by atoms with Crippen LogP contribution < -0.4 is 0 Å². The van der Waals surface area contributed by atoms with Crippen LogP contribution in [0.4, 0.5) is 0 Å². The first-order valence-electron chi connectivity index (χ1n) is 9.48. The van der Waals surface area contributed by atoms with Crippen LogP contribution in [-0.4, -0.2) is 32.3 Å². The first-order valence-corrected chi connectivity index (χ1v) is 10.3. The van der Waals surface area contributed by atoms with E-state index in [9.17, 15) is 9.90 Å². The molecular weight excluding hydrogens is 422 g/mol. The van der Waals surface area contributed by atoms with Crippen molar-refractivity contribution in [1.82, 2.24) is 14.6 Å². The van der Waals surface area contributed by atoms with E-state index >= 15 is 0 Å². The van der Waals surface area contributed by atoms with E-state index in [1.165, 1.54) is 0 Å². The van der Waals surface area contributed by atoms with Crippen molar-refractivity contribution < 1.29 is 14.6 Å². The number of hydrogen-bond acceptors (Lipinski definition) is 5. The zero-order valence-electron chi connectivity index (χ0n) is 16.1. The molecule has 0 bridgehead atoms. The minimum atomic E-state index is -0.205. The molecule has 1 N–H and O–H groups in total. The van der Waals surface area contributed by atoms with Crippen LogP contribution in [0.5, 0.6) is 0 Å². The number of carbonyl (C=O) groups is 1. The van der Waals surface area contributed by atoms with Gasteiger partial charge in [-0.1, -0.05) is 6.92 Å². The Labute approximate surface area is 172 Å². The maximum atomic E-state index is 11.7. The van der Waals surface area contributed by atoms with E-state index in [1.54, 1.807) is 13.1 Å². The number of aliphatic hydroxyl groups excluding tert-OH is 1. The minimum Gasteiger partial charge on any atom is -0.466 e. The molecule has 0 aliphatic rings. The molecule has 7 heteroatoms. The molecule has 0 fully saturated rings. The van der Waals surface area contributed by atoms with Crippen molar-refractivity contribution >= 4 is 27.4 Å². The van der Waals surface area contributed by atoms with Gasteiger partial charge in [0, 0.05) is 40.1 Å². The lowest BCUT2D eigenvalue weighted by atomic mass is 9.95. The monoisotopic (exact) mass is 445 g/mol. The minimum absolute atomic E-state index is 0.166. The Morgan fingerprint density at radius 3 is 2.79 bits per heavy atom. The number of carbonyl (C=O) groups excluding carboxylic acids is 1. The number of aliphatic hydroxyl groups is 1. The van der Waals surface area contributed by atoms with E-state index in [0.29, 0.717) is 31.6 Å². The predicted octanol–water partition coefficient (Wildman–Crippen LogP) is 4.10. The molecule has 3 aromatic rings. The zero-order chi connectivity index (χ0) is 20.1. The number of esters is 1. The van der Waals surface area contributed by atoms with Gasteiger partial charge in [0.05, 0.1) is 24.4 Å². The number of nitrogens with zero attached hydrogens (tertiary/aromatic N) is 3. The smallest absolute Gasteiger partial charge is 0.305 e. The molecule has 148 valence electrons. The lowest BCUT2D eigenvalue weighted by Crippen LogP contribution is -2.10. The highest BCUT2D eigenvalue weighted by Gasteiger charge is 2.19. The van der Waals surface area contributed by atoms with Crippen molar-refractivity contribution in [2.45, 2.75) is 46.1 Å². The third kappa shape index (κ3) is 4.25. The number of hydrogen-bond donors (Lipinski definition) is 1. The van der Waals surface area contributed by atoms with E-state index in [-0.39, 0.29) is 12.6 Å². The average molecular weight is 446 g/mol. The normalized spacial score (nSPS) is 11.1. The number of ether oxygens (including phenoxy) is 1. The standard InChI is InChI=1S/C21H24BrN3O3/c1-3-16-8-9-19-21(14-10-15(22)12-23-11-14)17(18(13-26)24-25(16)19)6-5-7-20(27)28-4-2/h8-12,26H,3-7,13H2,1-2H3. The summed E-state index contributed by atoms with van der Waals surface area (Å²) < 4.78 is 7.81. The third-order valence-electron chi connectivity index (χ3n) is 4.68. The fourth-order valence-corrected chi connectivity index (χ4v) is 3.80. The second-order valence-electron chi connectivity index (χ2n) is 6.48. The van der Waals surface area contributed by atoms with E-state index in [1.807, 2.05) is 16.8 Å². The van der Waals surface area contributed by atoms with Crippen LogP contribution >= 0.6 is 15.9 Å². The highest BCUT2D eigenvalue weighted by atomic mass is 79.9. The van der Waals surface area contributed by atoms with Crippen LogP contribution in [-0.2, 0) is 29.0 Å². The molecule has 0 saturated carbocycles. The van der Waals surface area contributed by atoms with Crippen LogP contribution in [0.3, 0.4) is 0 Å².